The molecule has 14 heteroatoms. The molecular formula is C26H20F3N5O4S2. The first-order chi connectivity index (χ1) is 19.0. The molecule has 0 aliphatic heterocycles. The van der Waals surface area contributed by atoms with Crippen molar-refractivity contribution in [1.82, 2.24) is 15.3 Å². The smallest absolute Gasteiger partial charge is 0.406 e. The van der Waals surface area contributed by atoms with Gasteiger partial charge in [0.05, 0.1) is 18.2 Å². The summed E-state index contributed by atoms with van der Waals surface area (Å²) in [6.07, 6.45) is -1.95. The molecule has 0 saturated heterocycles. The number of nitriles is 1. The zero-order valence-electron chi connectivity index (χ0n) is 20.6. The summed E-state index contributed by atoms with van der Waals surface area (Å²) in [6, 6.07) is 17.1. The minimum atomic E-state index is -4.82. The van der Waals surface area contributed by atoms with Crippen molar-refractivity contribution >= 4 is 39.1 Å². The summed E-state index contributed by atoms with van der Waals surface area (Å²) >= 11 is -1.26. The number of benzene rings is 2. The Morgan fingerprint density at radius 1 is 1.20 bits per heavy atom. The minimum absolute atomic E-state index is 0.0342. The molecular weight excluding hydrogens is 567 g/mol. The molecule has 206 valence electrons. The quantitative estimate of drug-likeness (QED) is 0.242. The van der Waals surface area contributed by atoms with Gasteiger partial charge in [0.1, 0.15) is 11.4 Å². The molecule has 0 bridgehead atoms. The summed E-state index contributed by atoms with van der Waals surface area (Å²) < 4.78 is 63.3. The molecule has 1 amide bonds. The predicted octanol–water partition coefficient (Wildman–Crippen LogP) is 5.61. The van der Waals surface area contributed by atoms with Gasteiger partial charge >= 0.3 is 6.36 Å². The van der Waals surface area contributed by atoms with Gasteiger partial charge in [0.25, 0.3) is 5.91 Å². The average molecular weight is 588 g/mol. The Balaban J connectivity index is 1.64. The molecule has 2 aromatic carbocycles. The van der Waals surface area contributed by atoms with Gasteiger partial charge in [0, 0.05) is 28.5 Å². The number of nitrogens with one attached hydrogen (secondary N) is 1. The van der Waals surface area contributed by atoms with Crippen LogP contribution in [0.1, 0.15) is 37.4 Å². The van der Waals surface area contributed by atoms with Crippen molar-refractivity contribution in [3.05, 3.63) is 100 Å². The molecule has 2 N–H and O–H groups in total. The zero-order valence-corrected chi connectivity index (χ0v) is 22.3. The van der Waals surface area contributed by atoms with Crippen LogP contribution in [0.3, 0.4) is 0 Å². The van der Waals surface area contributed by atoms with E-state index in [1.54, 1.807) is 48.2 Å². The Morgan fingerprint density at radius 3 is 2.48 bits per heavy atom. The van der Waals surface area contributed by atoms with Gasteiger partial charge in [-0.15, -0.1) is 24.5 Å². The van der Waals surface area contributed by atoms with Crippen LogP contribution in [0.2, 0.25) is 0 Å². The number of aryl methyl sites for hydroxylation is 1. The number of rotatable bonds is 9. The Morgan fingerprint density at radius 2 is 1.90 bits per heavy atom. The SMILES string of the molecule is Cc1sc(N(Cc2ccc(OC(F)(F)F)cc2)c2ccc(C#N)cc2)nc1C(=O)NC(c1cccnc1)S(=O)O. The summed E-state index contributed by atoms with van der Waals surface area (Å²) in [7, 11) is 0. The molecule has 9 nitrogen and oxygen atoms in total. The summed E-state index contributed by atoms with van der Waals surface area (Å²) in [6.45, 7) is 1.83. The number of carbonyl (C=O) groups is 1. The van der Waals surface area contributed by atoms with Gasteiger partial charge in [-0.3, -0.25) is 9.78 Å². The number of anilines is 2. The minimum Gasteiger partial charge on any atom is -0.406 e. The molecule has 40 heavy (non-hydrogen) atoms. The van der Waals surface area contributed by atoms with E-state index in [1.165, 1.54) is 48.0 Å². The summed E-state index contributed by atoms with van der Waals surface area (Å²) in [5, 5.41) is 10.8. The van der Waals surface area contributed by atoms with Gasteiger partial charge < -0.3 is 19.5 Å². The second-order valence-corrected chi connectivity index (χ2v) is 10.5. The number of pyridine rings is 1. The third-order valence-corrected chi connectivity index (χ3v) is 7.28. The van der Waals surface area contributed by atoms with Gasteiger partial charge in [-0.2, -0.15) is 5.26 Å². The standard InChI is InChI=1S/C26H20F3N5O4S2/c1-16-22(23(35)33-24(40(36)37)19-3-2-12-31-14-19)32-25(39-16)34(20-8-4-17(13-30)5-9-20)15-18-6-10-21(11-7-18)38-26(27,28)29/h2-12,14,24H,15H2,1H3,(H,33,35)(H,36,37). The molecule has 0 aliphatic carbocycles. The average Bonchev–Trinajstić information content (AvgIpc) is 3.32. The van der Waals surface area contributed by atoms with E-state index in [9.17, 15) is 26.7 Å². The largest absolute Gasteiger partial charge is 0.573 e. The maximum atomic E-state index is 13.1. The van der Waals surface area contributed by atoms with Crippen molar-refractivity contribution in [2.45, 2.75) is 25.2 Å². The maximum absolute atomic E-state index is 13.1. The molecule has 2 unspecified atom stereocenters. The van der Waals surface area contributed by atoms with Crippen LogP contribution in [0.15, 0.2) is 73.1 Å². The van der Waals surface area contributed by atoms with E-state index < -0.39 is 28.7 Å². The fourth-order valence-electron chi connectivity index (χ4n) is 3.64. The molecule has 0 spiro atoms. The number of ether oxygens (including phenoxy) is 1. The van der Waals surface area contributed by atoms with Crippen LogP contribution in [0.25, 0.3) is 0 Å². The van der Waals surface area contributed by atoms with Crippen molar-refractivity contribution in [2.75, 3.05) is 4.90 Å². The van der Waals surface area contributed by atoms with E-state index in [1.807, 2.05) is 6.07 Å². The zero-order chi connectivity index (χ0) is 28.9. The Hall–Kier alpha value is -4.32. The van der Waals surface area contributed by atoms with Gasteiger partial charge in [-0.25, -0.2) is 9.19 Å². The van der Waals surface area contributed by atoms with Gasteiger partial charge in [0.15, 0.2) is 21.6 Å². The van der Waals surface area contributed by atoms with Crippen LogP contribution in [0.5, 0.6) is 5.75 Å². The Bertz CT molecular complexity index is 1540. The molecule has 2 heterocycles. The van der Waals surface area contributed by atoms with Crippen molar-refractivity contribution < 1.29 is 31.5 Å². The topological polar surface area (TPSA) is 128 Å². The number of alkyl halides is 3. The highest BCUT2D eigenvalue weighted by Gasteiger charge is 2.31. The molecule has 4 aromatic rings. The third-order valence-electron chi connectivity index (χ3n) is 5.49. The lowest BCUT2D eigenvalue weighted by Crippen LogP contribution is -2.32. The van der Waals surface area contributed by atoms with Crippen LogP contribution >= 0.6 is 11.3 Å². The normalized spacial score (nSPS) is 12.7. The molecule has 4 rings (SSSR count). The second kappa shape index (κ2) is 12.2. The van der Waals surface area contributed by atoms with Crippen LogP contribution in [-0.2, 0) is 17.6 Å². The van der Waals surface area contributed by atoms with Crippen molar-refractivity contribution in [3.63, 3.8) is 0 Å². The molecule has 0 fully saturated rings. The van der Waals surface area contributed by atoms with Crippen LogP contribution in [0, 0.1) is 18.3 Å². The molecule has 2 atom stereocenters. The number of hydrogen-bond acceptors (Lipinski definition) is 8. The lowest BCUT2D eigenvalue weighted by Gasteiger charge is -2.22. The van der Waals surface area contributed by atoms with Crippen molar-refractivity contribution in [3.8, 4) is 11.8 Å². The second-order valence-electron chi connectivity index (χ2n) is 8.25. The third kappa shape index (κ3) is 7.20. The number of nitrogens with zero attached hydrogens (tertiary/aromatic N) is 4. The van der Waals surface area contributed by atoms with E-state index in [0.717, 1.165) is 0 Å². The van der Waals surface area contributed by atoms with Crippen molar-refractivity contribution in [1.29, 1.82) is 5.26 Å². The van der Waals surface area contributed by atoms with Crippen LogP contribution < -0.4 is 15.0 Å². The highest BCUT2D eigenvalue weighted by molar-refractivity contribution is 7.79. The van der Waals surface area contributed by atoms with Crippen LogP contribution in [0.4, 0.5) is 24.0 Å². The first-order valence-corrected chi connectivity index (χ1v) is 13.4. The van der Waals surface area contributed by atoms with E-state index in [4.69, 9.17) is 5.26 Å². The highest BCUT2D eigenvalue weighted by atomic mass is 32.2. The Labute approximate surface area is 233 Å². The summed E-state index contributed by atoms with van der Waals surface area (Å²) in [4.78, 5) is 23.8. The fourth-order valence-corrected chi connectivity index (χ4v) is 5.15. The molecule has 0 radical (unpaired) electrons. The number of amides is 1. The highest BCUT2D eigenvalue weighted by Crippen LogP contribution is 2.34. The first kappa shape index (κ1) is 28.7. The van der Waals surface area contributed by atoms with Crippen molar-refractivity contribution in [2.24, 2.45) is 0 Å². The summed E-state index contributed by atoms with van der Waals surface area (Å²) in [5.41, 5.74) is 2.02. The number of hydrogen-bond donors (Lipinski definition) is 2. The number of halogens is 3. The van der Waals surface area contributed by atoms with E-state index in [2.05, 4.69) is 20.0 Å². The van der Waals surface area contributed by atoms with Crippen LogP contribution in [-0.4, -0.2) is 31.0 Å². The first-order valence-electron chi connectivity index (χ1n) is 11.4. The maximum Gasteiger partial charge on any atom is 0.573 e. The molecule has 0 aliphatic rings. The van der Waals surface area contributed by atoms with Gasteiger partial charge in [0.2, 0.25) is 0 Å². The molecule has 0 saturated carbocycles. The Kier molecular flexibility index (Phi) is 8.78. The summed E-state index contributed by atoms with van der Waals surface area (Å²) in [5.74, 6) is -1.04. The van der Waals surface area contributed by atoms with E-state index in [-0.39, 0.29) is 18.0 Å². The van der Waals surface area contributed by atoms with E-state index >= 15 is 0 Å². The predicted molar refractivity (Wildman–Crippen MR) is 142 cm³/mol. The monoisotopic (exact) mass is 587 g/mol. The fraction of sp³-hybridized carbons (Fsp3) is 0.154. The van der Waals surface area contributed by atoms with Gasteiger partial charge in [-0.05, 0) is 55.0 Å². The molecule has 2 aromatic heterocycles. The van der Waals surface area contributed by atoms with E-state index in [0.29, 0.717) is 32.4 Å². The number of carbonyl (C=O) groups excluding carboxylic acids is 1. The van der Waals surface area contributed by atoms with Gasteiger partial charge in [-0.1, -0.05) is 18.2 Å². The lowest BCUT2D eigenvalue weighted by atomic mass is 10.1. The number of thiazole rings is 1. The lowest BCUT2D eigenvalue weighted by molar-refractivity contribution is -0.274. The number of aromatic nitrogens is 2.